The maximum Gasteiger partial charge on any atom is 0.338 e. The van der Waals surface area contributed by atoms with E-state index in [0.717, 1.165) is 37.9 Å². The number of fused-ring (bicyclic) bond motifs is 1. The lowest BCUT2D eigenvalue weighted by molar-refractivity contribution is 0.0684. The second-order valence-corrected chi connectivity index (χ2v) is 10.4. The minimum absolute atomic E-state index is 0.0125. The number of amides is 1. The molecule has 0 radical (unpaired) electrons. The van der Waals surface area contributed by atoms with E-state index in [4.69, 9.17) is 5.11 Å². The van der Waals surface area contributed by atoms with Gasteiger partial charge in [0.05, 0.1) is 23.1 Å². The van der Waals surface area contributed by atoms with Crippen LogP contribution < -0.4 is 0 Å². The van der Waals surface area contributed by atoms with Crippen molar-refractivity contribution in [3.8, 4) is 16.9 Å². The Morgan fingerprint density at radius 2 is 1.97 bits per heavy atom. The first kappa shape index (κ1) is 25.6. The van der Waals surface area contributed by atoms with Crippen LogP contribution in [-0.2, 0) is 6.42 Å². The summed E-state index contributed by atoms with van der Waals surface area (Å²) in [6, 6.07) is 8.20. The van der Waals surface area contributed by atoms with Crippen LogP contribution in [-0.4, -0.2) is 58.8 Å². The molecule has 5 rings (SSSR count). The number of hydrogen-bond acceptors (Lipinski definition) is 5. The molecule has 0 bridgehead atoms. The molecule has 4 aromatic rings. The molecule has 0 aliphatic carbocycles. The summed E-state index contributed by atoms with van der Waals surface area (Å²) in [4.78, 5) is 31.3. The Hall–Kier alpha value is -4.08. The number of aromatic carboxylic acids is 1. The number of carbonyl (C=O) groups is 2. The highest BCUT2D eigenvalue weighted by atomic mass is 19.1. The monoisotopic (exact) mass is 518 g/mol. The molecule has 4 heterocycles. The zero-order valence-electron chi connectivity index (χ0n) is 21.8. The molecule has 198 valence electrons. The summed E-state index contributed by atoms with van der Waals surface area (Å²) in [7, 11) is 0. The van der Waals surface area contributed by atoms with E-state index >= 15 is 4.39 Å². The van der Waals surface area contributed by atoms with E-state index in [9.17, 15) is 9.59 Å². The quantitative estimate of drug-likeness (QED) is 0.384. The Bertz CT molecular complexity index is 1510. The lowest BCUT2D eigenvalue weighted by Crippen LogP contribution is -2.38. The van der Waals surface area contributed by atoms with Crippen LogP contribution in [0.25, 0.3) is 22.6 Å². The van der Waals surface area contributed by atoms with Gasteiger partial charge in [0.2, 0.25) is 0 Å². The van der Waals surface area contributed by atoms with Crippen molar-refractivity contribution in [3.63, 3.8) is 0 Å². The molecule has 1 N–H and O–H groups in total. The minimum atomic E-state index is -1.11. The third kappa shape index (κ3) is 5.03. The lowest BCUT2D eigenvalue weighted by atomic mass is 10.1. The molecule has 3 aromatic heterocycles. The predicted molar refractivity (Wildman–Crippen MR) is 140 cm³/mol. The van der Waals surface area contributed by atoms with E-state index in [1.54, 1.807) is 22.7 Å². The summed E-state index contributed by atoms with van der Waals surface area (Å²) in [5.74, 6) is -1.40. The maximum atomic E-state index is 15.3. The van der Waals surface area contributed by atoms with Gasteiger partial charge in [-0.2, -0.15) is 10.2 Å². The molecule has 1 aliphatic rings. The normalized spacial score (nSPS) is 16.2. The first-order chi connectivity index (χ1) is 18.2. The van der Waals surface area contributed by atoms with Crippen LogP contribution in [0.4, 0.5) is 4.39 Å². The number of hydrogen-bond donors (Lipinski definition) is 1. The molecular formula is C28H31FN6O3. The Morgan fingerprint density at radius 3 is 2.68 bits per heavy atom. The smallest absolute Gasteiger partial charge is 0.338 e. The van der Waals surface area contributed by atoms with Gasteiger partial charge in [-0.3, -0.25) is 4.79 Å². The number of carboxylic acids is 1. The van der Waals surface area contributed by atoms with Crippen molar-refractivity contribution in [2.45, 2.75) is 58.9 Å². The van der Waals surface area contributed by atoms with Gasteiger partial charge in [-0.25, -0.2) is 23.4 Å². The highest BCUT2D eigenvalue weighted by Gasteiger charge is 2.26. The van der Waals surface area contributed by atoms with Gasteiger partial charge < -0.3 is 10.0 Å². The van der Waals surface area contributed by atoms with Gasteiger partial charge >= 0.3 is 5.97 Å². The number of likely N-dealkylation sites (tertiary alicyclic amines) is 1. The Kier molecular flexibility index (Phi) is 6.96. The van der Waals surface area contributed by atoms with Crippen molar-refractivity contribution in [1.29, 1.82) is 0 Å². The van der Waals surface area contributed by atoms with Crippen molar-refractivity contribution in [2.75, 3.05) is 6.54 Å². The van der Waals surface area contributed by atoms with E-state index in [-0.39, 0.29) is 23.1 Å². The van der Waals surface area contributed by atoms with Gasteiger partial charge in [0.25, 0.3) is 5.91 Å². The summed E-state index contributed by atoms with van der Waals surface area (Å²) < 4.78 is 18.3. The van der Waals surface area contributed by atoms with E-state index in [2.05, 4.69) is 36.0 Å². The second kappa shape index (κ2) is 10.4. The molecule has 0 unspecified atom stereocenters. The van der Waals surface area contributed by atoms with Crippen LogP contribution in [0, 0.1) is 11.7 Å². The van der Waals surface area contributed by atoms with E-state index in [1.165, 1.54) is 23.1 Å². The molecule has 0 saturated carbocycles. The first-order valence-corrected chi connectivity index (χ1v) is 13.0. The third-order valence-corrected chi connectivity index (χ3v) is 6.97. The van der Waals surface area contributed by atoms with Crippen LogP contribution in [0.15, 0.2) is 42.7 Å². The van der Waals surface area contributed by atoms with Crippen molar-refractivity contribution >= 4 is 17.5 Å². The van der Waals surface area contributed by atoms with Gasteiger partial charge in [-0.05, 0) is 50.3 Å². The van der Waals surface area contributed by atoms with Crippen molar-refractivity contribution in [3.05, 3.63) is 65.5 Å². The number of carboxylic acid groups (broad SMARTS) is 1. The van der Waals surface area contributed by atoms with E-state index < -0.39 is 11.8 Å². The average Bonchev–Trinajstić information content (AvgIpc) is 3.48. The number of nitrogens with zero attached hydrogens (tertiary/aromatic N) is 6. The van der Waals surface area contributed by atoms with Crippen LogP contribution in [0.3, 0.4) is 0 Å². The average molecular weight is 519 g/mol. The fraction of sp³-hybridized carbons (Fsp3) is 0.393. The van der Waals surface area contributed by atoms with Gasteiger partial charge in [0.1, 0.15) is 11.5 Å². The molecule has 1 fully saturated rings. The summed E-state index contributed by atoms with van der Waals surface area (Å²) in [5.41, 5.74) is 2.79. The van der Waals surface area contributed by atoms with Gasteiger partial charge in [0.15, 0.2) is 5.65 Å². The molecule has 38 heavy (non-hydrogen) atoms. The number of carbonyl (C=O) groups excluding carboxylic acids is 1. The Morgan fingerprint density at radius 1 is 1.16 bits per heavy atom. The highest BCUT2D eigenvalue weighted by Crippen LogP contribution is 2.27. The number of rotatable bonds is 6. The maximum absolute atomic E-state index is 15.3. The molecule has 1 aliphatic heterocycles. The summed E-state index contributed by atoms with van der Waals surface area (Å²) in [6.45, 7) is 7.00. The minimum Gasteiger partial charge on any atom is -0.478 e. The van der Waals surface area contributed by atoms with Crippen LogP contribution in [0.2, 0.25) is 0 Å². The summed E-state index contributed by atoms with van der Waals surface area (Å²) >= 11 is 0. The largest absolute Gasteiger partial charge is 0.478 e. The van der Waals surface area contributed by atoms with Gasteiger partial charge in [-0.15, -0.1) is 0 Å². The molecule has 0 spiro atoms. The zero-order chi connectivity index (χ0) is 27.0. The predicted octanol–water partition coefficient (Wildman–Crippen LogP) is 5.02. The molecule has 1 amide bonds. The van der Waals surface area contributed by atoms with Crippen molar-refractivity contribution < 1.29 is 19.1 Å². The SMILES string of the molecule is CC(C)Cc1cc(C(=O)N2CCCCC[C@H]2C)nc2cc(-c3ccc(-n4cc(C(=O)O)cn4)cc3F)nn12. The van der Waals surface area contributed by atoms with Crippen molar-refractivity contribution in [1.82, 2.24) is 29.3 Å². The van der Waals surface area contributed by atoms with Crippen molar-refractivity contribution in [2.24, 2.45) is 5.92 Å². The molecule has 1 atom stereocenters. The highest BCUT2D eigenvalue weighted by molar-refractivity contribution is 5.93. The Labute approximate surface area is 219 Å². The standard InChI is InChI=1S/C28H31FN6O3/c1-17(2)11-21-13-25(27(36)33-10-6-4-5-7-18(33)3)31-26-14-24(32-35(21)26)22-9-8-20(12-23(22)29)34-16-19(15-30-34)28(37)38/h8-9,12-18H,4-7,10-11H2,1-3H3,(H,37,38)/t18-/m1/s1. The zero-order valence-corrected chi connectivity index (χ0v) is 21.8. The lowest BCUT2D eigenvalue weighted by Gasteiger charge is -2.27. The van der Waals surface area contributed by atoms with Gasteiger partial charge in [-0.1, -0.05) is 26.7 Å². The fourth-order valence-corrected chi connectivity index (χ4v) is 4.99. The van der Waals surface area contributed by atoms with E-state index in [1.807, 2.05) is 11.0 Å². The number of aromatic nitrogens is 5. The fourth-order valence-electron chi connectivity index (χ4n) is 4.99. The number of halogens is 1. The molecule has 1 aromatic carbocycles. The van der Waals surface area contributed by atoms with E-state index in [0.29, 0.717) is 35.1 Å². The first-order valence-electron chi connectivity index (χ1n) is 13.0. The molecule has 9 nitrogen and oxygen atoms in total. The molecule has 10 heteroatoms. The Balaban J connectivity index is 1.52. The van der Waals surface area contributed by atoms with Crippen LogP contribution in [0.1, 0.15) is 73.0 Å². The van der Waals surface area contributed by atoms with Crippen LogP contribution >= 0.6 is 0 Å². The van der Waals surface area contributed by atoms with Crippen LogP contribution in [0.5, 0.6) is 0 Å². The molecule has 1 saturated heterocycles. The van der Waals surface area contributed by atoms with Gasteiger partial charge in [0, 0.05) is 42.2 Å². The second-order valence-electron chi connectivity index (χ2n) is 10.4. The number of benzene rings is 1. The summed E-state index contributed by atoms with van der Waals surface area (Å²) in [5, 5.41) is 17.8. The topological polar surface area (TPSA) is 106 Å². The summed E-state index contributed by atoms with van der Waals surface area (Å²) in [6.07, 6.45) is 7.43. The molecular weight excluding hydrogens is 487 g/mol. The third-order valence-electron chi connectivity index (χ3n) is 6.97.